The molecule has 0 saturated carbocycles. The zero-order valence-corrected chi connectivity index (χ0v) is 14.9. The molecule has 0 nitrogen and oxygen atoms in total. The van der Waals surface area contributed by atoms with E-state index in [1.54, 1.807) is 12.1 Å². The Morgan fingerprint density at radius 2 is 1.62 bits per heavy atom. The van der Waals surface area contributed by atoms with E-state index in [2.05, 4.69) is 15.9 Å². The minimum absolute atomic E-state index is 0.285. The largest absolute Gasteiger partial charge is 0.206 e. The molecule has 0 atom stereocenters. The summed E-state index contributed by atoms with van der Waals surface area (Å²) in [5, 5.41) is 0.668. The first-order valence-corrected chi connectivity index (χ1v) is 8.57. The smallest absolute Gasteiger partial charge is 0.137 e. The third-order valence-electron chi connectivity index (χ3n) is 3.49. The van der Waals surface area contributed by atoms with Gasteiger partial charge in [-0.25, -0.2) is 4.39 Å². The molecule has 2 aromatic carbocycles. The first-order chi connectivity index (χ1) is 10.0. The lowest BCUT2D eigenvalue weighted by Gasteiger charge is -2.30. The third-order valence-corrected chi connectivity index (χ3v) is 5.38. The molecule has 0 unspecified atom stereocenters. The molecule has 0 spiro atoms. The van der Waals surface area contributed by atoms with Crippen LogP contribution in [-0.2, 0) is 11.8 Å². The molecule has 0 heterocycles. The van der Waals surface area contributed by atoms with Gasteiger partial charge in [-0.15, -0.1) is 23.2 Å². The molecule has 0 aliphatic carbocycles. The monoisotopic (exact) mass is 408 g/mol. The molecule has 2 rings (SSSR count). The number of alkyl halides is 2. The first-order valence-electron chi connectivity index (χ1n) is 6.33. The lowest BCUT2D eigenvalue weighted by atomic mass is 9.79. The Balaban J connectivity index is 2.37. The average Bonchev–Trinajstić information content (AvgIpc) is 2.49. The van der Waals surface area contributed by atoms with Crippen LogP contribution in [0.1, 0.15) is 11.1 Å². The summed E-state index contributed by atoms with van der Waals surface area (Å²) in [4.78, 5) is 0. The highest BCUT2D eigenvalue weighted by Gasteiger charge is 2.31. The van der Waals surface area contributed by atoms with E-state index in [1.807, 2.05) is 24.3 Å². The van der Waals surface area contributed by atoms with Gasteiger partial charge in [-0.2, -0.15) is 0 Å². The number of hydrogen-bond acceptors (Lipinski definition) is 0. The highest BCUT2D eigenvalue weighted by molar-refractivity contribution is 9.10. The van der Waals surface area contributed by atoms with E-state index in [1.165, 1.54) is 6.07 Å². The fourth-order valence-electron chi connectivity index (χ4n) is 2.23. The maximum absolute atomic E-state index is 13.3. The Morgan fingerprint density at radius 3 is 2.14 bits per heavy atom. The van der Waals surface area contributed by atoms with Crippen molar-refractivity contribution in [1.82, 2.24) is 0 Å². The summed E-state index contributed by atoms with van der Waals surface area (Å²) in [7, 11) is 0. The van der Waals surface area contributed by atoms with Crippen molar-refractivity contribution in [2.24, 2.45) is 0 Å². The van der Waals surface area contributed by atoms with Crippen molar-refractivity contribution in [1.29, 1.82) is 0 Å². The van der Waals surface area contributed by atoms with Crippen molar-refractivity contribution < 1.29 is 4.39 Å². The second-order valence-corrected chi connectivity index (χ2v) is 6.81. The topological polar surface area (TPSA) is 0 Å². The van der Waals surface area contributed by atoms with Crippen LogP contribution < -0.4 is 0 Å². The van der Waals surface area contributed by atoms with Crippen LogP contribution in [0.25, 0.3) is 0 Å². The van der Waals surface area contributed by atoms with Gasteiger partial charge in [-0.1, -0.05) is 29.8 Å². The summed E-state index contributed by atoms with van der Waals surface area (Å²) in [6.07, 6.45) is 0.626. The molecular weight excluding hydrogens is 397 g/mol. The molecule has 0 saturated heterocycles. The van der Waals surface area contributed by atoms with Crippen LogP contribution in [0.15, 0.2) is 46.9 Å². The van der Waals surface area contributed by atoms with Gasteiger partial charge >= 0.3 is 0 Å². The van der Waals surface area contributed by atoms with Gasteiger partial charge in [0.1, 0.15) is 5.82 Å². The highest BCUT2D eigenvalue weighted by Crippen LogP contribution is 2.33. The summed E-state index contributed by atoms with van der Waals surface area (Å²) in [5.41, 5.74) is 1.59. The van der Waals surface area contributed by atoms with Crippen molar-refractivity contribution >= 4 is 50.7 Å². The molecule has 2 aromatic rings. The molecule has 0 bridgehead atoms. The van der Waals surface area contributed by atoms with Crippen molar-refractivity contribution in [3.63, 3.8) is 0 Å². The van der Waals surface area contributed by atoms with Gasteiger partial charge in [0.25, 0.3) is 0 Å². The van der Waals surface area contributed by atoms with E-state index in [0.29, 0.717) is 27.7 Å². The lowest BCUT2D eigenvalue weighted by molar-refractivity contribution is 0.534. The Morgan fingerprint density at radius 1 is 1.00 bits per heavy atom. The van der Waals surface area contributed by atoms with E-state index in [-0.39, 0.29) is 5.82 Å². The van der Waals surface area contributed by atoms with Gasteiger partial charge in [-0.3, -0.25) is 0 Å². The van der Waals surface area contributed by atoms with Crippen molar-refractivity contribution in [3.05, 3.63) is 68.9 Å². The second-order valence-electron chi connectivity index (χ2n) is 4.98. The Kier molecular flexibility index (Phi) is 5.96. The Bertz CT molecular complexity index is 609. The average molecular weight is 411 g/mol. The van der Waals surface area contributed by atoms with Gasteiger partial charge in [0.15, 0.2) is 0 Å². The lowest BCUT2D eigenvalue weighted by Crippen LogP contribution is -2.33. The van der Waals surface area contributed by atoms with Crippen LogP contribution in [0.2, 0.25) is 5.02 Å². The Hall–Kier alpha value is -0.280. The molecule has 5 heteroatoms. The minimum atomic E-state index is -0.412. The van der Waals surface area contributed by atoms with Crippen LogP contribution in [0.4, 0.5) is 4.39 Å². The first kappa shape index (κ1) is 17.1. The van der Waals surface area contributed by atoms with Crippen molar-refractivity contribution in [2.75, 3.05) is 11.8 Å². The van der Waals surface area contributed by atoms with Crippen molar-refractivity contribution in [2.45, 2.75) is 11.8 Å². The van der Waals surface area contributed by atoms with E-state index in [9.17, 15) is 4.39 Å². The molecule has 0 radical (unpaired) electrons. The van der Waals surface area contributed by atoms with Crippen LogP contribution in [0, 0.1) is 5.82 Å². The van der Waals surface area contributed by atoms with Crippen LogP contribution >= 0.6 is 50.7 Å². The second kappa shape index (κ2) is 7.32. The number of halogens is 5. The number of hydrogen-bond donors (Lipinski definition) is 0. The zero-order chi connectivity index (χ0) is 15.5. The zero-order valence-electron chi connectivity index (χ0n) is 11.1. The van der Waals surface area contributed by atoms with Crippen LogP contribution in [0.5, 0.6) is 0 Å². The third kappa shape index (κ3) is 3.92. The summed E-state index contributed by atoms with van der Waals surface area (Å²) in [6.45, 7) is 0. The van der Waals surface area contributed by atoms with E-state index in [4.69, 9.17) is 34.8 Å². The number of rotatable bonds is 5. The number of benzene rings is 2. The van der Waals surface area contributed by atoms with Gasteiger partial charge in [-0.05, 0) is 57.7 Å². The van der Waals surface area contributed by atoms with Gasteiger partial charge in [0.2, 0.25) is 0 Å². The molecule has 0 aliphatic rings. The molecule has 0 amide bonds. The van der Waals surface area contributed by atoms with Gasteiger partial charge in [0.05, 0.1) is 4.47 Å². The fourth-order valence-corrected chi connectivity index (χ4v) is 3.57. The molecule has 0 fully saturated rings. The summed E-state index contributed by atoms with van der Waals surface area (Å²) in [6, 6.07) is 12.5. The predicted molar refractivity (Wildman–Crippen MR) is 92.4 cm³/mol. The fraction of sp³-hybridized carbons (Fsp3) is 0.250. The summed E-state index contributed by atoms with van der Waals surface area (Å²) < 4.78 is 13.8. The highest BCUT2D eigenvalue weighted by atomic mass is 79.9. The van der Waals surface area contributed by atoms with Crippen LogP contribution in [-0.4, -0.2) is 11.8 Å². The molecule has 21 heavy (non-hydrogen) atoms. The Labute approximate surface area is 147 Å². The SMILES string of the molecule is Fc1ccc(CC(CCl)(CCl)c2ccc(Cl)cc2)cc1Br. The quantitative estimate of drug-likeness (QED) is 0.515. The standard InChI is InChI=1S/C16H13BrCl3F/c17-14-7-11(1-6-15(14)21)8-16(9-18,10-19)12-2-4-13(20)5-3-12/h1-7H,8-10H2. The van der Waals surface area contributed by atoms with Crippen LogP contribution in [0.3, 0.4) is 0 Å². The maximum atomic E-state index is 13.3. The molecule has 0 aliphatic heterocycles. The molecule has 0 N–H and O–H groups in total. The minimum Gasteiger partial charge on any atom is -0.206 e. The summed E-state index contributed by atoms with van der Waals surface area (Å²) in [5.74, 6) is 0.452. The normalized spacial score (nSPS) is 11.7. The van der Waals surface area contributed by atoms with Gasteiger partial charge in [0, 0.05) is 22.2 Å². The molecular formula is C16H13BrCl3F. The van der Waals surface area contributed by atoms with E-state index >= 15 is 0 Å². The van der Waals surface area contributed by atoms with Gasteiger partial charge < -0.3 is 0 Å². The molecule has 0 aromatic heterocycles. The van der Waals surface area contributed by atoms with Crippen molar-refractivity contribution in [3.8, 4) is 0 Å². The van der Waals surface area contributed by atoms with E-state index in [0.717, 1.165) is 11.1 Å². The predicted octanol–water partition coefficient (Wildman–Crippen LogP) is 6.20. The summed E-state index contributed by atoms with van der Waals surface area (Å²) >= 11 is 21.6. The molecule has 112 valence electrons. The maximum Gasteiger partial charge on any atom is 0.137 e. The van der Waals surface area contributed by atoms with E-state index < -0.39 is 5.41 Å².